The van der Waals surface area contributed by atoms with Crippen LogP contribution in [-0.4, -0.2) is 36.4 Å². The van der Waals surface area contributed by atoms with Crippen LogP contribution in [0.5, 0.6) is 17.2 Å². The smallest absolute Gasteiger partial charge is 0.297 e. The molecule has 0 fully saturated rings. The van der Waals surface area contributed by atoms with Crippen LogP contribution in [0.1, 0.15) is 6.92 Å². The molecule has 2 aromatic rings. The van der Waals surface area contributed by atoms with Crippen molar-refractivity contribution in [1.82, 2.24) is 0 Å². The highest BCUT2D eigenvalue weighted by Crippen LogP contribution is 2.48. The second-order valence-electron chi connectivity index (χ2n) is 5.00. The first-order chi connectivity index (χ1) is 11.9. The Bertz CT molecular complexity index is 846. The normalized spacial score (nSPS) is 11.2. The minimum absolute atomic E-state index is 0.000170. The molecule has 0 aliphatic carbocycles. The molecule has 0 heterocycles. The molecule has 2 N–H and O–H groups in total. The van der Waals surface area contributed by atoms with Gasteiger partial charge >= 0.3 is 0 Å². The molecule has 0 saturated carbocycles. The highest BCUT2D eigenvalue weighted by Gasteiger charge is 2.29. The Morgan fingerprint density at radius 2 is 1.56 bits per heavy atom. The van der Waals surface area contributed by atoms with Gasteiger partial charge in [0.1, 0.15) is 4.90 Å². The van der Waals surface area contributed by atoms with Crippen LogP contribution in [0.15, 0.2) is 35.2 Å². The Kier molecular flexibility index (Phi) is 5.76. The van der Waals surface area contributed by atoms with E-state index < -0.39 is 10.1 Å². The maximum absolute atomic E-state index is 12.6. The number of benzene rings is 2. The zero-order chi connectivity index (χ0) is 18.6. The van der Waals surface area contributed by atoms with Crippen LogP contribution in [0, 0.1) is 0 Å². The molecule has 0 saturated heterocycles. The molecular weight excluding hydrogens is 346 g/mol. The average Bonchev–Trinajstić information content (AvgIpc) is 2.60. The Morgan fingerprint density at radius 3 is 2.04 bits per heavy atom. The van der Waals surface area contributed by atoms with Gasteiger partial charge in [-0.1, -0.05) is 12.1 Å². The monoisotopic (exact) mass is 367 g/mol. The maximum Gasteiger partial charge on any atom is 0.297 e. The van der Waals surface area contributed by atoms with Gasteiger partial charge in [0.05, 0.1) is 27.9 Å². The van der Waals surface area contributed by atoms with Gasteiger partial charge in [-0.2, -0.15) is 8.42 Å². The fraction of sp³-hybridized carbons (Fsp3) is 0.294. The van der Waals surface area contributed by atoms with Crippen LogP contribution in [0.25, 0.3) is 11.1 Å². The summed E-state index contributed by atoms with van der Waals surface area (Å²) in [5, 5.41) is 0. The first-order valence-corrected chi connectivity index (χ1v) is 8.88. The summed E-state index contributed by atoms with van der Waals surface area (Å²) in [4.78, 5) is -0.0754. The fourth-order valence-electron chi connectivity index (χ4n) is 2.47. The molecule has 0 unspecified atom stereocenters. The number of hydrogen-bond acceptors (Lipinski definition) is 7. The quantitative estimate of drug-likeness (QED) is 0.593. The molecule has 0 aliphatic rings. The molecule has 8 heteroatoms. The molecular formula is C17H21NO6S. The predicted octanol–water partition coefficient (Wildman–Crippen LogP) is 2.69. The van der Waals surface area contributed by atoms with Crippen molar-refractivity contribution in [2.45, 2.75) is 11.8 Å². The molecule has 0 bridgehead atoms. The van der Waals surface area contributed by atoms with E-state index >= 15 is 0 Å². The molecule has 0 aromatic heterocycles. The molecule has 136 valence electrons. The Morgan fingerprint density at radius 1 is 0.960 bits per heavy atom. The molecule has 2 rings (SSSR count). The molecule has 2 aromatic carbocycles. The zero-order valence-electron chi connectivity index (χ0n) is 14.5. The van der Waals surface area contributed by atoms with Crippen LogP contribution in [0.2, 0.25) is 0 Å². The van der Waals surface area contributed by atoms with Crippen LogP contribution < -0.4 is 19.9 Å². The Labute approximate surface area is 147 Å². The van der Waals surface area contributed by atoms with E-state index in [0.29, 0.717) is 16.8 Å². The molecule has 0 atom stereocenters. The van der Waals surface area contributed by atoms with Crippen LogP contribution in [0.4, 0.5) is 5.69 Å². The van der Waals surface area contributed by atoms with Gasteiger partial charge < -0.3 is 19.9 Å². The minimum Gasteiger partial charge on any atom is -0.493 e. The number of hydrogen-bond donors (Lipinski definition) is 1. The van der Waals surface area contributed by atoms with Gasteiger partial charge in [0.25, 0.3) is 10.1 Å². The summed E-state index contributed by atoms with van der Waals surface area (Å²) >= 11 is 0. The topological polar surface area (TPSA) is 97.1 Å². The fourth-order valence-corrected chi connectivity index (χ4v) is 3.62. The maximum atomic E-state index is 12.6. The van der Waals surface area contributed by atoms with Crippen molar-refractivity contribution in [3.8, 4) is 28.4 Å². The lowest BCUT2D eigenvalue weighted by Gasteiger charge is -2.19. The summed E-state index contributed by atoms with van der Waals surface area (Å²) in [5.41, 5.74) is 7.18. The third-order valence-corrected chi connectivity index (χ3v) is 4.94. The second-order valence-corrected chi connectivity index (χ2v) is 6.58. The van der Waals surface area contributed by atoms with E-state index in [0.717, 1.165) is 0 Å². The number of nitrogens with two attached hydrogens (primary N) is 1. The van der Waals surface area contributed by atoms with Gasteiger partial charge in [-0.15, -0.1) is 0 Å². The summed E-state index contributed by atoms with van der Waals surface area (Å²) < 4.78 is 46.3. The highest BCUT2D eigenvalue weighted by atomic mass is 32.2. The Hall–Kier alpha value is -2.45. The molecule has 0 radical (unpaired) electrons. The van der Waals surface area contributed by atoms with Crippen molar-refractivity contribution in [3.63, 3.8) is 0 Å². The van der Waals surface area contributed by atoms with Gasteiger partial charge in [0.2, 0.25) is 5.75 Å². The van der Waals surface area contributed by atoms with E-state index in [1.807, 2.05) is 0 Å². The first-order valence-electron chi connectivity index (χ1n) is 7.47. The van der Waals surface area contributed by atoms with Crippen molar-refractivity contribution < 1.29 is 26.8 Å². The first kappa shape index (κ1) is 18.9. The largest absolute Gasteiger partial charge is 0.493 e. The van der Waals surface area contributed by atoms with Gasteiger partial charge in [0.15, 0.2) is 11.5 Å². The van der Waals surface area contributed by atoms with E-state index in [-0.39, 0.29) is 28.8 Å². The molecule has 0 amide bonds. The molecule has 7 nitrogen and oxygen atoms in total. The van der Waals surface area contributed by atoms with Crippen LogP contribution >= 0.6 is 0 Å². The number of anilines is 1. The van der Waals surface area contributed by atoms with Crippen molar-refractivity contribution >= 4 is 15.8 Å². The standard InChI is InChI=1S/C17H21NO6S/c1-5-24-25(19,20)14-10-13(21-2)16(22-3)17(23-4)15(14)11-6-8-12(18)9-7-11/h6-10H,5,18H2,1-4H3. The van der Waals surface area contributed by atoms with Crippen molar-refractivity contribution in [1.29, 1.82) is 0 Å². The summed E-state index contributed by atoms with van der Waals surface area (Å²) in [5.74, 6) is 0.731. The second kappa shape index (κ2) is 7.62. The number of rotatable bonds is 7. The van der Waals surface area contributed by atoms with E-state index in [1.54, 1.807) is 31.2 Å². The summed E-state index contributed by atoms with van der Waals surface area (Å²) in [7, 11) is 0.252. The van der Waals surface area contributed by atoms with Gasteiger partial charge in [-0.3, -0.25) is 4.18 Å². The summed E-state index contributed by atoms with van der Waals surface area (Å²) in [6.07, 6.45) is 0. The van der Waals surface area contributed by atoms with E-state index in [9.17, 15) is 8.42 Å². The van der Waals surface area contributed by atoms with Crippen LogP contribution in [0.3, 0.4) is 0 Å². The van der Waals surface area contributed by atoms with Crippen molar-refractivity contribution in [2.24, 2.45) is 0 Å². The number of nitrogen functional groups attached to an aromatic ring is 1. The lowest BCUT2D eigenvalue weighted by Crippen LogP contribution is -2.10. The van der Waals surface area contributed by atoms with Crippen LogP contribution in [-0.2, 0) is 14.3 Å². The third kappa shape index (κ3) is 3.64. The van der Waals surface area contributed by atoms with E-state index in [2.05, 4.69) is 0 Å². The van der Waals surface area contributed by atoms with E-state index in [1.165, 1.54) is 27.4 Å². The SMILES string of the molecule is CCOS(=O)(=O)c1cc(OC)c(OC)c(OC)c1-c1ccc(N)cc1. The lowest BCUT2D eigenvalue weighted by atomic mass is 10.0. The van der Waals surface area contributed by atoms with Gasteiger partial charge in [-0.05, 0) is 24.6 Å². The lowest BCUT2D eigenvalue weighted by molar-refractivity contribution is 0.320. The summed E-state index contributed by atoms with van der Waals surface area (Å²) in [6, 6.07) is 8.09. The summed E-state index contributed by atoms with van der Waals surface area (Å²) in [6.45, 7) is 1.60. The average molecular weight is 367 g/mol. The predicted molar refractivity (Wildman–Crippen MR) is 94.8 cm³/mol. The number of ether oxygens (including phenoxy) is 3. The van der Waals surface area contributed by atoms with Crippen molar-refractivity contribution in [2.75, 3.05) is 33.7 Å². The Balaban J connectivity index is 2.91. The van der Waals surface area contributed by atoms with Gasteiger partial charge in [0, 0.05) is 17.3 Å². The van der Waals surface area contributed by atoms with Crippen molar-refractivity contribution in [3.05, 3.63) is 30.3 Å². The zero-order valence-corrected chi connectivity index (χ0v) is 15.3. The highest BCUT2D eigenvalue weighted by molar-refractivity contribution is 7.87. The number of methoxy groups -OCH3 is 3. The molecule has 25 heavy (non-hydrogen) atoms. The minimum atomic E-state index is -4.04. The van der Waals surface area contributed by atoms with Gasteiger partial charge in [-0.25, -0.2) is 0 Å². The molecule has 0 spiro atoms. The van der Waals surface area contributed by atoms with E-state index in [4.69, 9.17) is 24.1 Å². The third-order valence-electron chi connectivity index (χ3n) is 3.54. The molecule has 0 aliphatic heterocycles.